The minimum absolute atomic E-state index is 0.0299. The lowest BCUT2D eigenvalue weighted by atomic mass is 9.92. The van der Waals surface area contributed by atoms with E-state index in [2.05, 4.69) is 48.4 Å². The molecule has 2 heterocycles. The van der Waals surface area contributed by atoms with Crippen LogP contribution in [-0.2, 0) is 6.42 Å². The predicted molar refractivity (Wildman–Crippen MR) is 120 cm³/mol. The van der Waals surface area contributed by atoms with E-state index < -0.39 is 0 Å². The van der Waals surface area contributed by atoms with E-state index >= 15 is 0 Å². The Balaban J connectivity index is 1.61. The number of hydrogen-bond acceptors (Lipinski definition) is 2. The van der Waals surface area contributed by atoms with E-state index in [0.29, 0.717) is 5.56 Å². The van der Waals surface area contributed by atoms with Crippen LogP contribution < -0.4 is 9.80 Å². The molecule has 0 fully saturated rings. The van der Waals surface area contributed by atoms with Crippen LogP contribution in [0.5, 0.6) is 0 Å². The third kappa shape index (κ3) is 3.13. The van der Waals surface area contributed by atoms with Gasteiger partial charge in [0.05, 0.1) is 11.7 Å². The van der Waals surface area contributed by atoms with Gasteiger partial charge in [0, 0.05) is 24.8 Å². The third-order valence-electron chi connectivity index (χ3n) is 5.97. The summed E-state index contributed by atoms with van der Waals surface area (Å²) in [6.45, 7) is 1.10. The molecule has 1 amide bonds. The fraction of sp³-hybridized carbons (Fsp3) is 0.192. The highest BCUT2D eigenvalue weighted by atomic mass is 16.2. The number of carbonyl (C=O) groups excluding carboxylic acids is 1. The maximum absolute atomic E-state index is 13.6. The van der Waals surface area contributed by atoms with Gasteiger partial charge in [-0.15, -0.1) is 0 Å². The first kappa shape index (κ1) is 17.7. The molecule has 5 rings (SSSR count). The molecule has 0 spiro atoms. The Hall–Kier alpha value is -3.33. The van der Waals surface area contributed by atoms with E-state index in [4.69, 9.17) is 0 Å². The molecule has 0 unspecified atom stereocenters. The van der Waals surface area contributed by atoms with Gasteiger partial charge in [-0.05, 0) is 53.8 Å². The van der Waals surface area contributed by atoms with E-state index in [-0.39, 0.29) is 11.9 Å². The lowest BCUT2D eigenvalue weighted by molar-refractivity contribution is 0.0980. The highest BCUT2D eigenvalue weighted by molar-refractivity contribution is 6.08. The molecule has 0 saturated heterocycles. The molecule has 0 N–H and O–H groups in total. The maximum atomic E-state index is 13.6. The third-order valence-corrected chi connectivity index (χ3v) is 5.97. The lowest BCUT2D eigenvalue weighted by Crippen LogP contribution is -2.36. The molecule has 2 aliphatic rings. The molecule has 3 aromatic rings. The van der Waals surface area contributed by atoms with Crippen molar-refractivity contribution in [3.8, 4) is 0 Å². The van der Waals surface area contributed by atoms with Gasteiger partial charge in [0.2, 0.25) is 0 Å². The number of amides is 1. The topological polar surface area (TPSA) is 23.6 Å². The minimum Gasteiger partial charge on any atom is -0.374 e. The van der Waals surface area contributed by atoms with E-state index in [0.717, 1.165) is 29.8 Å². The Kier molecular flexibility index (Phi) is 4.44. The van der Waals surface area contributed by atoms with Crippen LogP contribution in [0, 0.1) is 0 Å². The number of benzene rings is 3. The van der Waals surface area contributed by atoms with E-state index in [1.165, 1.54) is 17.7 Å². The molecule has 0 saturated carbocycles. The van der Waals surface area contributed by atoms with Gasteiger partial charge in [-0.1, -0.05) is 60.7 Å². The number of anilines is 2. The van der Waals surface area contributed by atoms with Crippen molar-refractivity contribution < 1.29 is 4.79 Å². The molecule has 3 heteroatoms. The average molecular weight is 380 g/mol. The molecular formula is C26H24N2O. The summed E-state index contributed by atoms with van der Waals surface area (Å²) in [5, 5.41) is 0. The second kappa shape index (κ2) is 7.25. The summed E-state index contributed by atoms with van der Waals surface area (Å²) in [5.74, 6) is 0.0299. The van der Waals surface area contributed by atoms with E-state index in [1.807, 2.05) is 53.4 Å². The fourth-order valence-electron chi connectivity index (χ4n) is 4.48. The number of hydrogen-bond donors (Lipinski definition) is 0. The van der Waals surface area contributed by atoms with Gasteiger partial charge in [-0.2, -0.15) is 0 Å². The predicted octanol–water partition coefficient (Wildman–Crippen LogP) is 5.48. The zero-order valence-electron chi connectivity index (χ0n) is 16.6. The van der Waals surface area contributed by atoms with E-state index in [1.54, 1.807) is 0 Å². The van der Waals surface area contributed by atoms with Crippen LogP contribution in [0.2, 0.25) is 0 Å². The SMILES string of the molecule is CN1CCCc2cc([C@@H]3C=Cc4ccccc4N3C(=O)c3ccccc3)ccc21. The van der Waals surface area contributed by atoms with Gasteiger partial charge < -0.3 is 4.90 Å². The van der Waals surface area contributed by atoms with Crippen molar-refractivity contribution in [2.45, 2.75) is 18.9 Å². The second-order valence-corrected chi connectivity index (χ2v) is 7.82. The summed E-state index contributed by atoms with van der Waals surface area (Å²) < 4.78 is 0. The molecule has 0 radical (unpaired) electrons. The maximum Gasteiger partial charge on any atom is 0.259 e. The van der Waals surface area contributed by atoms with Crippen LogP contribution in [0.3, 0.4) is 0 Å². The van der Waals surface area contributed by atoms with Gasteiger partial charge in [-0.3, -0.25) is 9.69 Å². The van der Waals surface area contributed by atoms with Gasteiger partial charge in [0.15, 0.2) is 0 Å². The van der Waals surface area contributed by atoms with E-state index in [9.17, 15) is 4.79 Å². The summed E-state index contributed by atoms with van der Waals surface area (Å²) >= 11 is 0. The van der Waals surface area contributed by atoms with Crippen LogP contribution in [-0.4, -0.2) is 19.5 Å². The number of carbonyl (C=O) groups is 1. The first-order valence-corrected chi connectivity index (χ1v) is 10.2. The molecule has 0 bridgehead atoms. The number of fused-ring (bicyclic) bond motifs is 2. The zero-order chi connectivity index (χ0) is 19.8. The Bertz CT molecular complexity index is 1090. The molecule has 1 atom stereocenters. The van der Waals surface area contributed by atoms with Crippen LogP contribution >= 0.6 is 0 Å². The largest absolute Gasteiger partial charge is 0.374 e. The van der Waals surface area contributed by atoms with Crippen molar-refractivity contribution in [1.82, 2.24) is 0 Å². The van der Waals surface area contributed by atoms with Crippen LogP contribution in [0.15, 0.2) is 78.9 Å². The monoisotopic (exact) mass is 380 g/mol. The van der Waals surface area contributed by atoms with Crippen LogP contribution in [0.4, 0.5) is 11.4 Å². The molecule has 0 aliphatic carbocycles. The molecule has 29 heavy (non-hydrogen) atoms. The Morgan fingerprint density at radius 2 is 1.72 bits per heavy atom. The van der Waals surface area contributed by atoms with Crippen LogP contribution in [0.25, 0.3) is 6.08 Å². The number of nitrogens with zero attached hydrogens (tertiary/aromatic N) is 2. The van der Waals surface area contributed by atoms with Gasteiger partial charge >= 0.3 is 0 Å². The summed E-state index contributed by atoms with van der Waals surface area (Å²) in [4.78, 5) is 17.8. The zero-order valence-corrected chi connectivity index (χ0v) is 16.6. The molecule has 0 aromatic heterocycles. The minimum atomic E-state index is -0.116. The second-order valence-electron chi connectivity index (χ2n) is 7.82. The summed E-state index contributed by atoms with van der Waals surface area (Å²) in [5.41, 5.74) is 6.58. The highest BCUT2D eigenvalue weighted by Crippen LogP contribution is 2.39. The molecular weight excluding hydrogens is 356 g/mol. The Morgan fingerprint density at radius 1 is 0.931 bits per heavy atom. The standard InChI is InChI=1S/C26H24N2O/c1-27-17-7-11-21-18-22(14-15-23(21)27)25-16-13-19-8-5-6-12-24(19)28(25)26(29)20-9-3-2-4-10-20/h2-6,8-10,12-16,18,25H,7,11,17H2,1H3/t25-/m0/s1. The highest BCUT2D eigenvalue weighted by Gasteiger charge is 2.30. The van der Waals surface area contributed by atoms with Crippen molar-refractivity contribution in [3.05, 3.63) is 101 Å². The normalized spacial score (nSPS) is 17.6. The van der Waals surface area contributed by atoms with Crippen molar-refractivity contribution in [2.75, 3.05) is 23.4 Å². The molecule has 3 aromatic carbocycles. The lowest BCUT2D eigenvalue weighted by Gasteiger charge is -2.35. The van der Waals surface area contributed by atoms with Gasteiger partial charge in [0.1, 0.15) is 0 Å². The Morgan fingerprint density at radius 3 is 2.59 bits per heavy atom. The summed E-state index contributed by atoms with van der Waals surface area (Å²) in [6.07, 6.45) is 6.55. The van der Waals surface area contributed by atoms with Crippen molar-refractivity contribution >= 4 is 23.4 Å². The van der Waals surface area contributed by atoms with Gasteiger partial charge in [0.25, 0.3) is 5.91 Å². The summed E-state index contributed by atoms with van der Waals surface area (Å²) in [7, 11) is 2.15. The first-order valence-electron chi connectivity index (χ1n) is 10.2. The van der Waals surface area contributed by atoms with Crippen molar-refractivity contribution in [1.29, 1.82) is 0 Å². The van der Waals surface area contributed by atoms with Crippen LogP contribution in [0.1, 0.15) is 39.5 Å². The summed E-state index contributed by atoms with van der Waals surface area (Å²) in [6, 6.07) is 24.3. The number of rotatable bonds is 2. The van der Waals surface area contributed by atoms with Crippen molar-refractivity contribution in [2.24, 2.45) is 0 Å². The van der Waals surface area contributed by atoms with Gasteiger partial charge in [-0.25, -0.2) is 0 Å². The Labute approximate surface area is 171 Å². The molecule has 3 nitrogen and oxygen atoms in total. The average Bonchev–Trinajstić information content (AvgIpc) is 2.78. The number of aryl methyl sites for hydroxylation is 1. The fourth-order valence-corrected chi connectivity index (χ4v) is 4.48. The molecule has 2 aliphatic heterocycles. The first-order chi connectivity index (χ1) is 14.2. The van der Waals surface area contributed by atoms with Crippen molar-refractivity contribution in [3.63, 3.8) is 0 Å². The smallest absolute Gasteiger partial charge is 0.259 e. The molecule has 144 valence electrons. The number of para-hydroxylation sites is 1. The quantitative estimate of drug-likeness (QED) is 0.587.